The second-order valence-electron chi connectivity index (χ2n) is 9.12. The number of hydrogen-bond donors (Lipinski definition) is 1. The Hall–Kier alpha value is -3.37. The highest BCUT2D eigenvalue weighted by atomic mass is 79.9. The molecule has 200 valence electrons. The summed E-state index contributed by atoms with van der Waals surface area (Å²) in [6.07, 6.45) is 0.808. The number of carbonyl (C=O) groups is 2. The molecule has 3 aromatic rings. The lowest BCUT2D eigenvalue weighted by atomic mass is 10.0. The maximum absolute atomic E-state index is 12.9. The topological polar surface area (TPSA) is 102 Å². The zero-order valence-electron chi connectivity index (χ0n) is 20.7. The molecule has 0 bridgehead atoms. The second-order valence-corrected chi connectivity index (χ2v) is 11.8. The molecule has 1 N–H and O–H groups in total. The zero-order valence-corrected chi connectivity index (χ0v) is 23.1. The van der Waals surface area contributed by atoms with Crippen molar-refractivity contribution >= 4 is 38.0 Å². The lowest BCUT2D eigenvalue weighted by molar-refractivity contribution is 0.0811. The number of ether oxygens (including phenoxy) is 2. The molecule has 1 unspecified atom stereocenters. The minimum atomic E-state index is -3.96. The van der Waals surface area contributed by atoms with Gasteiger partial charge in [-0.15, -0.1) is 0 Å². The van der Waals surface area contributed by atoms with Gasteiger partial charge in [0.25, 0.3) is 5.91 Å². The maximum Gasteiger partial charge on any atom is 0.410 e. The van der Waals surface area contributed by atoms with Gasteiger partial charge in [0.2, 0.25) is 10.0 Å². The molecule has 2 amide bonds. The van der Waals surface area contributed by atoms with Gasteiger partial charge >= 0.3 is 6.09 Å². The highest BCUT2D eigenvalue weighted by molar-refractivity contribution is 9.10. The lowest BCUT2D eigenvalue weighted by Gasteiger charge is -2.31. The number of sulfonamides is 1. The van der Waals surface area contributed by atoms with E-state index in [1.54, 1.807) is 18.2 Å². The minimum Gasteiger partial charge on any atom is -0.488 e. The van der Waals surface area contributed by atoms with Gasteiger partial charge in [-0.3, -0.25) is 4.79 Å². The number of nitrogens with one attached hydrogen (secondary N) is 1. The highest BCUT2D eigenvalue weighted by Gasteiger charge is 2.29. The van der Waals surface area contributed by atoms with E-state index in [-0.39, 0.29) is 42.7 Å². The third-order valence-electron chi connectivity index (χ3n) is 6.12. The van der Waals surface area contributed by atoms with Gasteiger partial charge in [-0.25, -0.2) is 17.9 Å². The summed E-state index contributed by atoms with van der Waals surface area (Å²) >= 11 is 3.39. The molecule has 0 spiro atoms. The van der Waals surface area contributed by atoms with Gasteiger partial charge < -0.3 is 14.4 Å². The number of carbonyl (C=O) groups excluding carboxylic acids is 2. The molecular formula is C28H29BrN2O6S. The molecule has 10 heteroatoms. The van der Waals surface area contributed by atoms with Crippen molar-refractivity contribution < 1.29 is 27.5 Å². The fraction of sp³-hybridized carbons (Fsp3) is 0.286. The van der Waals surface area contributed by atoms with Crippen LogP contribution in [-0.2, 0) is 28.0 Å². The Morgan fingerprint density at radius 2 is 1.61 bits per heavy atom. The van der Waals surface area contributed by atoms with Crippen molar-refractivity contribution in [2.75, 3.05) is 18.8 Å². The Balaban J connectivity index is 1.32. The molecule has 38 heavy (non-hydrogen) atoms. The van der Waals surface area contributed by atoms with Crippen LogP contribution in [0.5, 0.6) is 5.75 Å². The molecule has 0 aromatic heterocycles. The van der Waals surface area contributed by atoms with E-state index in [9.17, 15) is 18.0 Å². The van der Waals surface area contributed by atoms with Crippen LogP contribution in [0, 0.1) is 5.92 Å². The maximum atomic E-state index is 12.9. The first-order valence-corrected chi connectivity index (χ1v) is 14.7. The molecule has 1 atom stereocenters. The predicted molar refractivity (Wildman–Crippen MR) is 147 cm³/mol. The molecule has 0 aliphatic carbocycles. The van der Waals surface area contributed by atoms with Gasteiger partial charge in [0.15, 0.2) is 0 Å². The van der Waals surface area contributed by atoms with Gasteiger partial charge in [0.05, 0.1) is 11.3 Å². The van der Waals surface area contributed by atoms with E-state index in [2.05, 4.69) is 20.7 Å². The lowest BCUT2D eigenvalue weighted by Crippen LogP contribution is -2.44. The Labute approximate surface area is 231 Å². The summed E-state index contributed by atoms with van der Waals surface area (Å²) in [5.74, 6) is -1.06. The fourth-order valence-corrected chi connectivity index (χ4v) is 5.88. The van der Waals surface area contributed by atoms with Crippen LogP contribution in [0.3, 0.4) is 0 Å². The van der Waals surface area contributed by atoms with Crippen molar-refractivity contribution in [2.45, 2.75) is 26.1 Å². The molecule has 1 heterocycles. The van der Waals surface area contributed by atoms with Crippen LogP contribution in [-0.4, -0.2) is 44.2 Å². The summed E-state index contributed by atoms with van der Waals surface area (Å²) in [5, 5.41) is 0. The normalized spacial score (nSPS) is 15.5. The van der Waals surface area contributed by atoms with E-state index in [1.165, 1.54) is 11.0 Å². The number of piperidine rings is 1. The molecule has 4 rings (SSSR count). The number of nitrogens with zero attached hydrogens (tertiary/aromatic N) is 1. The SMILES string of the molecule is O=C(NS(=O)(=O)CC1CCCN(C(=O)OCc2ccccc2)C1)c1ccccc1OCc1ccc(Br)cc1. The van der Waals surface area contributed by atoms with Gasteiger partial charge in [-0.2, -0.15) is 0 Å². The van der Waals surface area contributed by atoms with Crippen LogP contribution in [0.15, 0.2) is 83.3 Å². The molecule has 0 saturated carbocycles. The first-order chi connectivity index (χ1) is 18.3. The Morgan fingerprint density at radius 3 is 2.37 bits per heavy atom. The average Bonchev–Trinajstić information content (AvgIpc) is 2.91. The summed E-state index contributed by atoms with van der Waals surface area (Å²) in [6, 6.07) is 23.4. The highest BCUT2D eigenvalue weighted by Crippen LogP contribution is 2.22. The molecule has 8 nitrogen and oxygen atoms in total. The third-order valence-corrected chi connectivity index (χ3v) is 8.06. The Kier molecular flexibility index (Phi) is 9.41. The van der Waals surface area contributed by atoms with Crippen molar-refractivity contribution in [3.8, 4) is 5.75 Å². The van der Waals surface area contributed by atoms with E-state index in [4.69, 9.17) is 9.47 Å². The summed E-state index contributed by atoms with van der Waals surface area (Å²) in [6.45, 7) is 1.12. The summed E-state index contributed by atoms with van der Waals surface area (Å²) < 4.78 is 40.1. The quantitative estimate of drug-likeness (QED) is 0.365. The van der Waals surface area contributed by atoms with E-state index in [0.717, 1.165) is 15.6 Å². The van der Waals surface area contributed by atoms with Crippen molar-refractivity contribution in [3.05, 3.63) is 100 Å². The molecule has 1 fully saturated rings. The van der Waals surface area contributed by atoms with Gasteiger partial charge in [0, 0.05) is 17.6 Å². The number of para-hydroxylation sites is 1. The largest absolute Gasteiger partial charge is 0.488 e. The summed E-state index contributed by atoms with van der Waals surface area (Å²) in [7, 11) is -3.96. The number of benzene rings is 3. The van der Waals surface area contributed by atoms with Crippen molar-refractivity contribution in [2.24, 2.45) is 5.92 Å². The summed E-state index contributed by atoms with van der Waals surface area (Å²) in [5.41, 5.74) is 1.91. The van der Waals surface area contributed by atoms with Crippen LogP contribution < -0.4 is 9.46 Å². The zero-order chi connectivity index (χ0) is 27.0. The predicted octanol–water partition coefficient (Wildman–Crippen LogP) is 5.14. The molecule has 1 saturated heterocycles. The van der Waals surface area contributed by atoms with Crippen LogP contribution >= 0.6 is 15.9 Å². The number of likely N-dealkylation sites (tertiary alicyclic amines) is 1. The first kappa shape index (κ1) is 27.7. The van der Waals surface area contributed by atoms with E-state index in [0.29, 0.717) is 19.4 Å². The smallest absolute Gasteiger partial charge is 0.410 e. The van der Waals surface area contributed by atoms with Crippen molar-refractivity contribution in [3.63, 3.8) is 0 Å². The molecule has 1 aliphatic rings. The number of hydrogen-bond acceptors (Lipinski definition) is 6. The first-order valence-electron chi connectivity index (χ1n) is 12.3. The van der Waals surface area contributed by atoms with E-state index < -0.39 is 22.0 Å². The fourth-order valence-electron chi connectivity index (χ4n) is 4.25. The van der Waals surface area contributed by atoms with E-state index in [1.807, 2.05) is 54.6 Å². The molecule has 0 radical (unpaired) electrons. The molecule has 3 aromatic carbocycles. The number of amides is 2. The van der Waals surface area contributed by atoms with Gasteiger partial charge in [-0.1, -0.05) is 70.5 Å². The van der Waals surface area contributed by atoms with Crippen LogP contribution in [0.25, 0.3) is 0 Å². The second kappa shape index (κ2) is 12.9. The monoisotopic (exact) mass is 600 g/mol. The minimum absolute atomic E-state index is 0.128. The summed E-state index contributed by atoms with van der Waals surface area (Å²) in [4.78, 5) is 27.0. The van der Waals surface area contributed by atoms with Crippen LogP contribution in [0.4, 0.5) is 4.79 Å². The standard InChI is InChI=1S/C28H29BrN2O6S/c29-24-14-12-22(13-15-24)18-36-26-11-5-4-10-25(26)27(32)30-38(34,35)20-23-9-6-16-31(17-23)28(33)37-19-21-7-2-1-3-8-21/h1-5,7-8,10-15,23H,6,9,16-20H2,(H,30,32). The average molecular weight is 602 g/mol. The van der Waals surface area contributed by atoms with Crippen molar-refractivity contribution in [1.82, 2.24) is 9.62 Å². The van der Waals surface area contributed by atoms with Crippen molar-refractivity contribution in [1.29, 1.82) is 0 Å². The van der Waals surface area contributed by atoms with E-state index >= 15 is 0 Å². The van der Waals surface area contributed by atoms with Gasteiger partial charge in [0.1, 0.15) is 19.0 Å². The van der Waals surface area contributed by atoms with Crippen LogP contribution in [0.1, 0.15) is 34.3 Å². The van der Waals surface area contributed by atoms with Crippen LogP contribution in [0.2, 0.25) is 0 Å². The van der Waals surface area contributed by atoms with Gasteiger partial charge in [-0.05, 0) is 54.2 Å². The third kappa shape index (κ3) is 8.06. The number of halogens is 1. The Morgan fingerprint density at radius 1 is 0.921 bits per heavy atom. The number of rotatable bonds is 9. The molecular weight excluding hydrogens is 572 g/mol. The molecule has 1 aliphatic heterocycles. The Bertz CT molecular complexity index is 1350.